The van der Waals surface area contributed by atoms with Gasteiger partial charge in [-0.3, -0.25) is 0 Å². The van der Waals surface area contributed by atoms with Crippen LogP contribution in [0.4, 0.5) is 0 Å². The molecule has 0 aliphatic rings. The number of hydrogen-bond donors (Lipinski definition) is 3. The first kappa shape index (κ1) is 15.7. The van der Waals surface area contributed by atoms with Gasteiger partial charge in [0.1, 0.15) is 5.60 Å². The van der Waals surface area contributed by atoms with Crippen LogP contribution in [0.1, 0.15) is 22.3 Å². The molecular formula is C18H23NO2. The SMILES string of the molecule is Cc1ccc(C(O)(CNCCO)c2ccc(C)cc2)cc1. The number of aryl methyl sites for hydroxylation is 2. The number of nitrogens with one attached hydrogen (secondary N) is 1. The quantitative estimate of drug-likeness (QED) is 0.713. The van der Waals surface area contributed by atoms with Crippen LogP contribution in [-0.2, 0) is 5.60 Å². The van der Waals surface area contributed by atoms with Crippen LogP contribution in [-0.4, -0.2) is 29.9 Å². The summed E-state index contributed by atoms with van der Waals surface area (Å²) in [6, 6.07) is 15.8. The molecule has 0 unspecified atom stereocenters. The molecule has 3 heteroatoms. The molecule has 3 nitrogen and oxygen atoms in total. The van der Waals surface area contributed by atoms with Gasteiger partial charge in [-0.1, -0.05) is 59.7 Å². The lowest BCUT2D eigenvalue weighted by Crippen LogP contribution is -2.40. The van der Waals surface area contributed by atoms with Crippen LogP contribution in [0.3, 0.4) is 0 Å². The Morgan fingerprint density at radius 2 is 1.29 bits per heavy atom. The van der Waals surface area contributed by atoms with Gasteiger partial charge >= 0.3 is 0 Å². The zero-order valence-electron chi connectivity index (χ0n) is 12.6. The molecule has 0 aliphatic heterocycles. The van der Waals surface area contributed by atoms with E-state index >= 15 is 0 Å². The Bertz CT molecular complexity index is 515. The molecular weight excluding hydrogens is 262 g/mol. The lowest BCUT2D eigenvalue weighted by Gasteiger charge is -2.30. The monoisotopic (exact) mass is 285 g/mol. The van der Waals surface area contributed by atoms with E-state index in [1.165, 1.54) is 0 Å². The van der Waals surface area contributed by atoms with Crippen molar-refractivity contribution in [2.24, 2.45) is 0 Å². The Morgan fingerprint density at radius 3 is 1.67 bits per heavy atom. The summed E-state index contributed by atoms with van der Waals surface area (Å²) in [6.45, 7) is 4.93. The van der Waals surface area contributed by atoms with Crippen molar-refractivity contribution in [2.75, 3.05) is 19.7 Å². The molecule has 0 spiro atoms. The first-order valence-corrected chi connectivity index (χ1v) is 7.24. The topological polar surface area (TPSA) is 52.5 Å². The molecule has 0 bridgehead atoms. The van der Waals surface area contributed by atoms with Gasteiger partial charge in [0, 0.05) is 13.1 Å². The van der Waals surface area contributed by atoms with Crippen LogP contribution in [0.2, 0.25) is 0 Å². The average molecular weight is 285 g/mol. The predicted octanol–water partition coefficient (Wildman–Crippen LogP) is 2.12. The fourth-order valence-corrected chi connectivity index (χ4v) is 2.38. The summed E-state index contributed by atoms with van der Waals surface area (Å²) in [6.07, 6.45) is 0. The molecule has 0 saturated heterocycles. The largest absolute Gasteiger partial charge is 0.395 e. The highest BCUT2D eigenvalue weighted by Gasteiger charge is 2.30. The van der Waals surface area contributed by atoms with Gasteiger partial charge in [0.15, 0.2) is 0 Å². The van der Waals surface area contributed by atoms with Crippen molar-refractivity contribution in [1.82, 2.24) is 5.32 Å². The molecule has 2 rings (SSSR count). The van der Waals surface area contributed by atoms with Crippen LogP contribution in [0.5, 0.6) is 0 Å². The van der Waals surface area contributed by atoms with E-state index in [2.05, 4.69) is 5.32 Å². The lowest BCUT2D eigenvalue weighted by atomic mass is 9.85. The van der Waals surface area contributed by atoms with Crippen LogP contribution in [0.25, 0.3) is 0 Å². The maximum Gasteiger partial charge on any atom is 0.127 e. The Labute approximate surface area is 126 Å². The Hall–Kier alpha value is -1.68. The van der Waals surface area contributed by atoms with Crippen molar-refractivity contribution in [3.05, 3.63) is 70.8 Å². The first-order chi connectivity index (χ1) is 10.1. The van der Waals surface area contributed by atoms with Gasteiger partial charge in [0.25, 0.3) is 0 Å². The Balaban J connectivity index is 2.37. The zero-order valence-corrected chi connectivity index (χ0v) is 12.6. The predicted molar refractivity (Wildman–Crippen MR) is 85.3 cm³/mol. The summed E-state index contributed by atoms with van der Waals surface area (Å²) in [5, 5.41) is 23.3. The number of hydrogen-bond acceptors (Lipinski definition) is 3. The summed E-state index contributed by atoms with van der Waals surface area (Å²) in [5.74, 6) is 0. The van der Waals surface area contributed by atoms with Crippen molar-refractivity contribution >= 4 is 0 Å². The minimum absolute atomic E-state index is 0.0534. The summed E-state index contributed by atoms with van der Waals surface area (Å²) >= 11 is 0. The van der Waals surface area contributed by atoms with Crippen molar-refractivity contribution in [3.8, 4) is 0 Å². The summed E-state index contributed by atoms with van der Waals surface area (Å²) in [4.78, 5) is 0. The molecule has 0 saturated carbocycles. The number of rotatable bonds is 6. The third-order valence-electron chi connectivity index (χ3n) is 3.73. The molecule has 0 fully saturated rings. The molecule has 112 valence electrons. The van der Waals surface area contributed by atoms with Crippen molar-refractivity contribution in [2.45, 2.75) is 19.4 Å². The van der Waals surface area contributed by atoms with Gasteiger partial charge in [0.2, 0.25) is 0 Å². The number of benzene rings is 2. The van der Waals surface area contributed by atoms with E-state index in [0.717, 1.165) is 22.3 Å². The third kappa shape index (κ3) is 3.70. The third-order valence-corrected chi connectivity index (χ3v) is 3.73. The Morgan fingerprint density at radius 1 is 0.857 bits per heavy atom. The van der Waals surface area contributed by atoms with Gasteiger partial charge < -0.3 is 15.5 Å². The van der Waals surface area contributed by atoms with Gasteiger partial charge in [-0.15, -0.1) is 0 Å². The normalized spacial score (nSPS) is 11.6. The molecule has 0 radical (unpaired) electrons. The van der Waals surface area contributed by atoms with Gasteiger partial charge in [-0.2, -0.15) is 0 Å². The van der Waals surface area contributed by atoms with E-state index in [4.69, 9.17) is 5.11 Å². The van der Waals surface area contributed by atoms with Crippen LogP contribution in [0, 0.1) is 13.8 Å². The molecule has 0 aromatic heterocycles. The second-order valence-electron chi connectivity index (χ2n) is 5.49. The van der Waals surface area contributed by atoms with E-state index in [1.54, 1.807) is 0 Å². The van der Waals surface area contributed by atoms with Crippen molar-refractivity contribution in [3.63, 3.8) is 0 Å². The molecule has 0 amide bonds. The minimum Gasteiger partial charge on any atom is -0.395 e. The number of aliphatic hydroxyl groups is 2. The molecule has 3 N–H and O–H groups in total. The minimum atomic E-state index is -1.10. The van der Waals surface area contributed by atoms with Crippen LogP contribution < -0.4 is 5.32 Å². The first-order valence-electron chi connectivity index (χ1n) is 7.24. The van der Waals surface area contributed by atoms with Gasteiger partial charge in [-0.25, -0.2) is 0 Å². The van der Waals surface area contributed by atoms with Crippen molar-refractivity contribution < 1.29 is 10.2 Å². The molecule has 21 heavy (non-hydrogen) atoms. The van der Waals surface area contributed by atoms with E-state index < -0.39 is 5.60 Å². The van der Waals surface area contributed by atoms with Crippen molar-refractivity contribution in [1.29, 1.82) is 0 Å². The van der Waals surface area contributed by atoms with Gasteiger partial charge in [0.05, 0.1) is 6.61 Å². The maximum absolute atomic E-state index is 11.2. The zero-order chi connectivity index (χ0) is 15.3. The molecule has 2 aromatic rings. The molecule has 0 aliphatic carbocycles. The smallest absolute Gasteiger partial charge is 0.127 e. The Kier molecular flexibility index (Phi) is 5.12. The van der Waals surface area contributed by atoms with E-state index in [0.29, 0.717) is 13.1 Å². The summed E-state index contributed by atoms with van der Waals surface area (Å²) in [7, 11) is 0. The second-order valence-corrected chi connectivity index (χ2v) is 5.49. The van der Waals surface area contributed by atoms with Gasteiger partial charge in [-0.05, 0) is 25.0 Å². The molecule has 2 aromatic carbocycles. The molecule has 0 heterocycles. The summed E-state index contributed by atoms with van der Waals surface area (Å²) in [5.41, 5.74) is 2.92. The highest BCUT2D eigenvalue weighted by atomic mass is 16.3. The van der Waals surface area contributed by atoms with E-state index in [9.17, 15) is 5.11 Å². The highest BCUT2D eigenvalue weighted by molar-refractivity contribution is 5.38. The fraction of sp³-hybridized carbons (Fsp3) is 0.333. The standard InChI is InChI=1S/C18H23NO2/c1-14-3-7-16(8-4-14)18(21,13-19-11-12-20)17-9-5-15(2)6-10-17/h3-10,19-21H,11-13H2,1-2H3. The van der Waals surface area contributed by atoms with Crippen LogP contribution in [0.15, 0.2) is 48.5 Å². The number of aliphatic hydroxyl groups excluding tert-OH is 1. The maximum atomic E-state index is 11.2. The van der Waals surface area contributed by atoms with E-state index in [-0.39, 0.29) is 6.61 Å². The highest BCUT2D eigenvalue weighted by Crippen LogP contribution is 2.29. The lowest BCUT2D eigenvalue weighted by molar-refractivity contribution is 0.0786. The van der Waals surface area contributed by atoms with E-state index in [1.807, 2.05) is 62.4 Å². The average Bonchev–Trinajstić information content (AvgIpc) is 2.48. The van der Waals surface area contributed by atoms with Crippen LogP contribution >= 0.6 is 0 Å². The second kappa shape index (κ2) is 6.85. The molecule has 0 atom stereocenters. The summed E-state index contributed by atoms with van der Waals surface area (Å²) < 4.78 is 0. The fourth-order valence-electron chi connectivity index (χ4n) is 2.38.